The molecule has 11 heavy (non-hydrogen) atoms. The van der Waals surface area contributed by atoms with E-state index in [9.17, 15) is 4.39 Å². The van der Waals surface area contributed by atoms with E-state index in [2.05, 4.69) is 4.98 Å². The fourth-order valence-electron chi connectivity index (χ4n) is 0.987. The second kappa shape index (κ2) is 4.06. The molecule has 0 N–H and O–H groups in total. The monoisotopic (exact) mass is 153 g/mol. The molecule has 1 aromatic rings. The molecular formula is C9H12FN. The maximum atomic E-state index is 11.8. The summed E-state index contributed by atoms with van der Waals surface area (Å²) in [5, 5.41) is 0. The number of nitrogens with zero attached hydrogens (tertiary/aromatic N) is 1. The van der Waals surface area contributed by atoms with Gasteiger partial charge in [-0.3, -0.25) is 9.37 Å². The predicted molar refractivity (Wildman–Crippen MR) is 43.3 cm³/mol. The van der Waals surface area contributed by atoms with Crippen LogP contribution < -0.4 is 0 Å². The van der Waals surface area contributed by atoms with Gasteiger partial charge in [0.15, 0.2) is 0 Å². The van der Waals surface area contributed by atoms with Crippen molar-refractivity contribution in [2.24, 2.45) is 0 Å². The molecule has 1 aromatic heterocycles. The first kappa shape index (κ1) is 8.18. The van der Waals surface area contributed by atoms with Crippen LogP contribution in [0.3, 0.4) is 0 Å². The zero-order valence-electron chi connectivity index (χ0n) is 6.68. The topological polar surface area (TPSA) is 12.9 Å². The maximum Gasteiger partial charge on any atom is 0.0898 e. The van der Waals surface area contributed by atoms with E-state index in [1.54, 1.807) is 0 Å². The Bertz CT molecular complexity index is 223. The summed E-state index contributed by atoms with van der Waals surface area (Å²) in [6.45, 7) is 1.69. The van der Waals surface area contributed by atoms with Gasteiger partial charge in [-0.15, -0.1) is 0 Å². The van der Waals surface area contributed by atoms with Crippen molar-refractivity contribution in [2.75, 3.05) is 6.67 Å². The minimum atomic E-state index is -0.254. The number of aryl methyl sites for hydroxylation is 2. The van der Waals surface area contributed by atoms with Crippen molar-refractivity contribution in [1.29, 1.82) is 0 Å². The number of halogens is 1. The quantitative estimate of drug-likeness (QED) is 0.649. The van der Waals surface area contributed by atoms with Gasteiger partial charge in [0.05, 0.1) is 6.67 Å². The molecule has 1 rings (SSSR count). The largest absolute Gasteiger partial charge is 0.258 e. The SMILES string of the molecule is Cc1cccc(CCCF)n1. The molecule has 2 heteroatoms. The van der Waals surface area contributed by atoms with E-state index in [0.29, 0.717) is 6.42 Å². The van der Waals surface area contributed by atoms with E-state index in [1.807, 2.05) is 25.1 Å². The van der Waals surface area contributed by atoms with Crippen molar-refractivity contribution in [3.8, 4) is 0 Å². The summed E-state index contributed by atoms with van der Waals surface area (Å²) in [6.07, 6.45) is 1.33. The molecule has 0 saturated heterocycles. The first-order valence-corrected chi connectivity index (χ1v) is 3.81. The lowest BCUT2D eigenvalue weighted by Crippen LogP contribution is -1.92. The second-order valence-electron chi connectivity index (χ2n) is 2.56. The average molecular weight is 153 g/mol. The summed E-state index contributed by atoms with van der Waals surface area (Å²) >= 11 is 0. The lowest BCUT2D eigenvalue weighted by atomic mass is 10.2. The third kappa shape index (κ3) is 2.66. The van der Waals surface area contributed by atoms with E-state index >= 15 is 0 Å². The number of alkyl halides is 1. The van der Waals surface area contributed by atoms with Crippen LogP contribution in [0.4, 0.5) is 4.39 Å². The Morgan fingerprint density at radius 2 is 2.27 bits per heavy atom. The molecule has 0 saturated carbocycles. The van der Waals surface area contributed by atoms with E-state index < -0.39 is 0 Å². The molecule has 1 heterocycles. The van der Waals surface area contributed by atoms with Crippen LogP contribution in [0.25, 0.3) is 0 Å². The highest BCUT2D eigenvalue weighted by molar-refractivity contribution is 5.09. The molecule has 0 aliphatic heterocycles. The van der Waals surface area contributed by atoms with Gasteiger partial charge in [-0.2, -0.15) is 0 Å². The lowest BCUT2D eigenvalue weighted by Gasteiger charge is -1.98. The minimum Gasteiger partial charge on any atom is -0.258 e. The highest BCUT2D eigenvalue weighted by Crippen LogP contribution is 2.01. The molecule has 0 atom stereocenters. The fourth-order valence-corrected chi connectivity index (χ4v) is 0.987. The third-order valence-corrected chi connectivity index (χ3v) is 1.51. The Kier molecular flexibility index (Phi) is 3.02. The first-order valence-electron chi connectivity index (χ1n) is 3.81. The summed E-state index contributed by atoms with van der Waals surface area (Å²) in [5.74, 6) is 0. The molecule has 0 amide bonds. The van der Waals surface area contributed by atoms with Gasteiger partial charge in [-0.05, 0) is 31.9 Å². The first-order chi connectivity index (χ1) is 5.33. The van der Waals surface area contributed by atoms with E-state index in [0.717, 1.165) is 17.8 Å². The molecule has 0 aliphatic carbocycles. The average Bonchev–Trinajstić information content (AvgIpc) is 2.01. The number of rotatable bonds is 3. The zero-order valence-corrected chi connectivity index (χ0v) is 6.68. The highest BCUT2D eigenvalue weighted by Gasteiger charge is 1.93. The maximum absolute atomic E-state index is 11.8. The minimum absolute atomic E-state index is 0.254. The van der Waals surface area contributed by atoms with Crippen LogP contribution in [0.1, 0.15) is 17.8 Å². The zero-order chi connectivity index (χ0) is 8.10. The standard InChI is InChI=1S/C9H12FN/c1-8-4-2-5-9(11-8)6-3-7-10/h2,4-5H,3,6-7H2,1H3. The van der Waals surface area contributed by atoms with Crippen molar-refractivity contribution < 1.29 is 4.39 Å². The Morgan fingerprint density at radius 3 is 2.91 bits per heavy atom. The smallest absolute Gasteiger partial charge is 0.0898 e. The third-order valence-electron chi connectivity index (χ3n) is 1.51. The number of aromatic nitrogens is 1. The molecule has 0 radical (unpaired) electrons. The van der Waals surface area contributed by atoms with Gasteiger partial charge in [0.2, 0.25) is 0 Å². The van der Waals surface area contributed by atoms with Crippen molar-refractivity contribution in [1.82, 2.24) is 4.98 Å². The van der Waals surface area contributed by atoms with Crippen molar-refractivity contribution in [3.63, 3.8) is 0 Å². The van der Waals surface area contributed by atoms with Crippen LogP contribution in [0.15, 0.2) is 18.2 Å². The van der Waals surface area contributed by atoms with Crippen LogP contribution in [0.5, 0.6) is 0 Å². The Labute approximate surface area is 66.3 Å². The summed E-state index contributed by atoms with van der Waals surface area (Å²) in [5.41, 5.74) is 1.99. The van der Waals surface area contributed by atoms with Crippen LogP contribution in [-0.2, 0) is 6.42 Å². The lowest BCUT2D eigenvalue weighted by molar-refractivity contribution is 0.471. The summed E-state index contributed by atoms with van der Waals surface area (Å²) in [6, 6.07) is 5.83. The summed E-state index contributed by atoms with van der Waals surface area (Å²) < 4.78 is 11.8. The second-order valence-corrected chi connectivity index (χ2v) is 2.56. The van der Waals surface area contributed by atoms with Gasteiger partial charge in [0.25, 0.3) is 0 Å². The number of pyridine rings is 1. The van der Waals surface area contributed by atoms with Gasteiger partial charge < -0.3 is 0 Å². The van der Waals surface area contributed by atoms with Crippen LogP contribution in [0.2, 0.25) is 0 Å². The molecule has 0 aromatic carbocycles. The molecule has 1 nitrogen and oxygen atoms in total. The van der Waals surface area contributed by atoms with Gasteiger partial charge in [-0.25, -0.2) is 0 Å². The van der Waals surface area contributed by atoms with Gasteiger partial charge in [0, 0.05) is 11.4 Å². The highest BCUT2D eigenvalue weighted by atomic mass is 19.1. The Morgan fingerprint density at radius 1 is 1.45 bits per heavy atom. The molecule has 0 fully saturated rings. The van der Waals surface area contributed by atoms with Gasteiger partial charge in [0.1, 0.15) is 0 Å². The van der Waals surface area contributed by atoms with E-state index in [4.69, 9.17) is 0 Å². The van der Waals surface area contributed by atoms with Crippen LogP contribution in [-0.4, -0.2) is 11.7 Å². The van der Waals surface area contributed by atoms with Gasteiger partial charge in [-0.1, -0.05) is 6.07 Å². The van der Waals surface area contributed by atoms with Crippen LogP contribution >= 0.6 is 0 Å². The Balaban J connectivity index is 2.56. The number of hydrogen-bond acceptors (Lipinski definition) is 1. The molecule has 0 unspecified atom stereocenters. The van der Waals surface area contributed by atoms with Crippen LogP contribution in [0, 0.1) is 6.92 Å². The van der Waals surface area contributed by atoms with E-state index in [-0.39, 0.29) is 6.67 Å². The normalized spacial score (nSPS) is 10.0. The van der Waals surface area contributed by atoms with Gasteiger partial charge >= 0.3 is 0 Å². The summed E-state index contributed by atoms with van der Waals surface area (Å²) in [4.78, 5) is 4.24. The van der Waals surface area contributed by atoms with Crippen molar-refractivity contribution in [3.05, 3.63) is 29.6 Å². The van der Waals surface area contributed by atoms with E-state index in [1.165, 1.54) is 0 Å². The van der Waals surface area contributed by atoms with Crippen molar-refractivity contribution in [2.45, 2.75) is 19.8 Å². The predicted octanol–water partition coefficient (Wildman–Crippen LogP) is 2.29. The van der Waals surface area contributed by atoms with Crippen molar-refractivity contribution >= 4 is 0 Å². The molecule has 0 aliphatic rings. The number of hydrogen-bond donors (Lipinski definition) is 0. The Hall–Kier alpha value is -0.920. The summed E-state index contributed by atoms with van der Waals surface area (Å²) in [7, 11) is 0. The molecule has 0 spiro atoms. The molecule has 60 valence electrons. The molecule has 0 bridgehead atoms. The fraction of sp³-hybridized carbons (Fsp3) is 0.444. The molecular weight excluding hydrogens is 141 g/mol.